The first-order valence-electron chi connectivity index (χ1n) is 6.04. The number of hydrogen-bond acceptors (Lipinski definition) is 6. The fraction of sp³-hybridized carbons (Fsp3) is 0.583. The normalized spacial score (nSPS) is 15.9. The summed E-state index contributed by atoms with van der Waals surface area (Å²) in [5.74, 6) is -0.542. The second-order valence-electron chi connectivity index (χ2n) is 4.42. The third-order valence-electron chi connectivity index (χ3n) is 2.95. The zero-order valence-corrected chi connectivity index (χ0v) is 11.7. The first-order chi connectivity index (χ1) is 9.11. The second kappa shape index (κ2) is 5.66. The Balaban J connectivity index is 1.97. The van der Waals surface area contributed by atoms with Crippen LogP contribution in [0.2, 0.25) is 0 Å². The average molecular weight is 284 g/mol. The molecule has 0 spiro atoms. The Kier molecular flexibility index (Phi) is 4.16. The van der Waals surface area contributed by atoms with E-state index in [0.29, 0.717) is 18.2 Å². The van der Waals surface area contributed by atoms with E-state index >= 15 is 0 Å². The highest BCUT2D eigenvalue weighted by Crippen LogP contribution is 2.46. The summed E-state index contributed by atoms with van der Waals surface area (Å²) < 4.78 is 9.90. The number of nitrogens with one attached hydrogen (secondary N) is 1. The van der Waals surface area contributed by atoms with Crippen molar-refractivity contribution in [3.63, 3.8) is 0 Å². The summed E-state index contributed by atoms with van der Waals surface area (Å²) in [6.07, 6.45) is 3.13. The molecular formula is C12H16N2O4S. The molecule has 1 aliphatic rings. The summed E-state index contributed by atoms with van der Waals surface area (Å²) in [6.45, 7) is 2.45. The molecule has 0 radical (unpaired) electrons. The van der Waals surface area contributed by atoms with Crippen LogP contribution in [0.15, 0.2) is 6.20 Å². The van der Waals surface area contributed by atoms with E-state index in [1.165, 1.54) is 6.20 Å². The molecule has 0 aromatic carbocycles. The van der Waals surface area contributed by atoms with Crippen molar-refractivity contribution in [1.82, 2.24) is 4.98 Å². The minimum absolute atomic E-state index is 0.0755. The Morgan fingerprint density at radius 1 is 1.53 bits per heavy atom. The Morgan fingerprint density at radius 3 is 2.84 bits per heavy atom. The zero-order valence-electron chi connectivity index (χ0n) is 10.9. The molecule has 1 aromatic rings. The molecule has 1 N–H and O–H groups in total. The largest absolute Gasteiger partial charge is 0.461 e. The van der Waals surface area contributed by atoms with Crippen molar-refractivity contribution in [3.05, 3.63) is 11.2 Å². The number of hydrogen-bond donors (Lipinski definition) is 1. The summed E-state index contributed by atoms with van der Waals surface area (Å²) in [4.78, 5) is 27.4. The molecule has 0 atom stereocenters. The topological polar surface area (TPSA) is 77.5 Å². The molecule has 1 amide bonds. The van der Waals surface area contributed by atoms with Crippen LogP contribution in [0.4, 0.5) is 5.00 Å². The standard InChI is InChI=1S/C12H16N2O4S/c1-3-18-10(15)9-13-6-8(19-9)14-11(16)12(4-5-12)7-17-2/h6H,3-5,7H2,1-2H3,(H,14,16). The highest BCUT2D eigenvalue weighted by Gasteiger charge is 2.50. The second-order valence-corrected chi connectivity index (χ2v) is 5.45. The number of carbonyl (C=O) groups is 2. The number of aromatic nitrogens is 1. The number of esters is 1. The van der Waals surface area contributed by atoms with Gasteiger partial charge < -0.3 is 14.8 Å². The lowest BCUT2D eigenvalue weighted by Crippen LogP contribution is -2.27. The van der Waals surface area contributed by atoms with Crippen molar-refractivity contribution in [1.29, 1.82) is 0 Å². The van der Waals surface area contributed by atoms with Gasteiger partial charge in [-0.2, -0.15) is 0 Å². The van der Waals surface area contributed by atoms with Crippen molar-refractivity contribution in [3.8, 4) is 0 Å². The van der Waals surface area contributed by atoms with Gasteiger partial charge in [0.05, 0.1) is 24.8 Å². The minimum Gasteiger partial charge on any atom is -0.461 e. The number of nitrogens with zero attached hydrogens (tertiary/aromatic N) is 1. The minimum atomic E-state index is -0.467. The van der Waals surface area contributed by atoms with E-state index in [-0.39, 0.29) is 10.9 Å². The Morgan fingerprint density at radius 2 is 2.26 bits per heavy atom. The van der Waals surface area contributed by atoms with E-state index < -0.39 is 11.4 Å². The monoisotopic (exact) mass is 284 g/mol. The molecule has 1 aliphatic carbocycles. The number of ether oxygens (including phenoxy) is 2. The lowest BCUT2D eigenvalue weighted by Gasteiger charge is -2.12. The van der Waals surface area contributed by atoms with Gasteiger partial charge in [0.1, 0.15) is 5.00 Å². The molecule has 0 bridgehead atoms. The maximum Gasteiger partial charge on any atom is 0.367 e. The summed E-state index contributed by atoms with van der Waals surface area (Å²) in [6, 6.07) is 0. The first-order valence-corrected chi connectivity index (χ1v) is 6.86. The maximum absolute atomic E-state index is 12.1. The van der Waals surface area contributed by atoms with Crippen LogP contribution < -0.4 is 5.32 Å². The molecule has 104 valence electrons. The van der Waals surface area contributed by atoms with E-state index in [9.17, 15) is 9.59 Å². The predicted molar refractivity (Wildman–Crippen MR) is 70.2 cm³/mol. The van der Waals surface area contributed by atoms with Crippen LogP contribution in [0.1, 0.15) is 29.6 Å². The van der Waals surface area contributed by atoms with Crippen molar-refractivity contribution >= 4 is 28.2 Å². The van der Waals surface area contributed by atoms with Crippen LogP contribution in [0.3, 0.4) is 0 Å². The van der Waals surface area contributed by atoms with Crippen molar-refractivity contribution in [2.45, 2.75) is 19.8 Å². The van der Waals surface area contributed by atoms with Gasteiger partial charge in [0.15, 0.2) is 0 Å². The Hall–Kier alpha value is -1.47. The fourth-order valence-corrected chi connectivity index (χ4v) is 2.43. The molecule has 1 saturated carbocycles. The van der Waals surface area contributed by atoms with E-state index in [1.54, 1.807) is 14.0 Å². The Labute approximate surface area is 115 Å². The van der Waals surface area contributed by atoms with Crippen molar-refractivity contribution in [2.75, 3.05) is 25.6 Å². The molecule has 0 saturated heterocycles. The number of rotatable bonds is 6. The average Bonchev–Trinajstić information content (AvgIpc) is 3.01. The fourth-order valence-electron chi connectivity index (χ4n) is 1.73. The summed E-state index contributed by atoms with van der Waals surface area (Å²) in [5.41, 5.74) is -0.400. The van der Waals surface area contributed by atoms with Gasteiger partial charge >= 0.3 is 5.97 Å². The van der Waals surface area contributed by atoms with Gasteiger partial charge in [0, 0.05) is 7.11 Å². The number of thiazole rings is 1. The first kappa shape index (κ1) is 14.0. The molecule has 6 nitrogen and oxygen atoms in total. The summed E-state index contributed by atoms with van der Waals surface area (Å²) in [7, 11) is 1.58. The van der Waals surface area contributed by atoms with Crippen LogP contribution in [-0.2, 0) is 14.3 Å². The molecule has 7 heteroatoms. The predicted octanol–water partition coefficient (Wildman–Crippen LogP) is 1.68. The van der Waals surface area contributed by atoms with Crippen LogP contribution in [0.25, 0.3) is 0 Å². The third kappa shape index (κ3) is 3.10. The summed E-state index contributed by atoms with van der Waals surface area (Å²) in [5, 5.41) is 3.57. The molecule has 19 heavy (non-hydrogen) atoms. The molecule has 2 rings (SSSR count). The zero-order chi connectivity index (χ0) is 13.9. The van der Waals surface area contributed by atoms with E-state index in [1.807, 2.05) is 0 Å². The molecular weight excluding hydrogens is 268 g/mol. The SMILES string of the molecule is CCOC(=O)c1ncc(NC(=O)C2(COC)CC2)s1. The van der Waals surface area contributed by atoms with Crippen molar-refractivity contribution in [2.24, 2.45) is 5.41 Å². The van der Waals surface area contributed by atoms with Crippen LogP contribution in [-0.4, -0.2) is 37.2 Å². The van der Waals surface area contributed by atoms with Gasteiger partial charge in [0.25, 0.3) is 0 Å². The number of methoxy groups -OCH3 is 1. The highest BCUT2D eigenvalue weighted by atomic mass is 32.1. The molecule has 1 heterocycles. The molecule has 0 unspecified atom stereocenters. The van der Waals surface area contributed by atoms with Gasteiger partial charge in [0.2, 0.25) is 10.9 Å². The lowest BCUT2D eigenvalue weighted by molar-refractivity contribution is -0.122. The molecule has 0 aliphatic heterocycles. The van der Waals surface area contributed by atoms with Crippen LogP contribution >= 0.6 is 11.3 Å². The van der Waals surface area contributed by atoms with Crippen LogP contribution in [0.5, 0.6) is 0 Å². The van der Waals surface area contributed by atoms with Crippen molar-refractivity contribution < 1.29 is 19.1 Å². The van der Waals surface area contributed by atoms with Crippen LogP contribution in [0, 0.1) is 5.41 Å². The highest BCUT2D eigenvalue weighted by molar-refractivity contribution is 7.17. The van der Waals surface area contributed by atoms with Gasteiger partial charge in [-0.05, 0) is 19.8 Å². The van der Waals surface area contributed by atoms with E-state index in [0.717, 1.165) is 24.2 Å². The van der Waals surface area contributed by atoms with E-state index in [2.05, 4.69) is 10.3 Å². The molecule has 1 aromatic heterocycles. The summed E-state index contributed by atoms with van der Waals surface area (Å²) >= 11 is 1.11. The lowest BCUT2D eigenvalue weighted by atomic mass is 10.1. The smallest absolute Gasteiger partial charge is 0.367 e. The number of carbonyl (C=O) groups excluding carboxylic acids is 2. The van der Waals surface area contributed by atoms with Gasteiger partial charge in [-0.1, -0.05) is 11.3 Å². The number of amides is 1. The number of anilines is 1. The maximum atomic E-state index is 12.1. The molecule has 1 fully saturated rings. The van der Waals surface area contributed by atoms with Gasteiger partial charge in [-0.25, -0.2) is 9.78 Å². The van der Waals surface area contributed by atoms with Gasteiger partial charge in [-0.15, -0.1) is 0 Å². The quantitative estimate of drug-likeness (QED) is 0.804. The third-order valence-corrected chi connectivity index (χ3v) is 3.84. The van der Waals surface area contributed by atoms with Gasteiger partial charge in [-0.3, -0.25) is 4.79 Å². The van der Waals surface area contributed by atoms with E-state index in [4.69, 9.17) is 9.47 Å². The Bertz CT molecular complexity index is 482.